The summed E-state index contributed by atoms with van der Waals surface area (Å²) in [4.78, 5) is 16.7. The minimum absolute atomic E-state index is 0.208. The van der Waals surface area contributed by atoms with Crippen molar-refractivity contribution < 1.29 is 9.53 Å². The van der Waals surface area contributed by atoms with Crippen molar-refractivity contribution in [1.29, 1.82) is 0 Å². The number of aryl methyl sites for hydroxylation is 2. The molecule has 0 spiro atoms. The molecular weight excluding hydrogens is 326 g/mol. The summed E-state index contributed by atoms with van der Waals surface area (Å²) in [7, 11) is 1.57. The van der Waals surface area contributed by atoms with E-state index in [1.807, 2.05) is 18.2 Å². The number of carbonyl (C=O) groups is 1. The van der Waals surface area contributed by atoms with E-state index in [-0.39, 0.29) is 5.91 Å². The molecule has 0 atom stereocenters. The van der Waals surface area contributed by atoms with Crippen LogP contribution in [0.25, 0.3) is 0 Å². The number of nitrogens with one attached hydrogen (secondary N) is 2. The lowest BCUT2D eigenvalue weighted by atomic mass is 10.1. The van der Waals surface area contributed by atoms with Gasteiger partial charge in [0.05, 0.1) is 19.0 Å². The molecule has 0 unspecified atom stereocenters. The number of hydrogen-bond donors (Lipinski definition) is 2. The first-order valence-corrected chi connectivity index (χ1v) is 8.31. The van der Waals surface area contributed by atoms with Crippen molar-refractivity contribution in [3.05, 3.63) is 77.5 Å². The van der Waals surface area contributed by atoms with Crippen LogP contribution in [0.15, 0.2) is 60.8 Å². The molecule has 5 heteroatoms. The number of rotatable bonds is 5. The van der Waals surface area contributed by atoms with Crippen LogP contribution < -0.4 is 15.4 Å². The van der Waals surface area contributed by atoms with Gasteiger partial charge in [-0.05, 0) is 67.4 Å². The van der Waals surface area contributed by atoms with Crippen LogP contribution >= 0.6 is 0 Å². The van der Waals surface area contributed by atoms with E-state index in [2.05, 4.69) is 41.6 Å². The average molecular weight is 347 g/mol. The number of carbonyl (C=O) groups excluding carboxylic acids is 1. The molecule has 0 saturated heterocycles. The Morgan fingerprint density at radius 1 is 0.962 bits per heavy atom. The Labute approximate surface area is 153 Å². The van der Waals surface area contributed by atoms with E-state index in [1.54, 1.807) is 37.6 Å². The van der Waals surface area contributed by atoms with Crippen LogP contribution in [0.1, 0.15) is 21.5 Å². The highest BCUT2D eigenvalue weighted by atomic mass is 16.5. The molecule has 0 bridgehead atoms. The maximum absolute atomic E-state index is 12.3. The lowest BCUT2D eigenvalue weighted by Gasteiger charge is -2.10. The van der Waals surface area contributed by atoms with Gasteiger partial charge in [-0.1, -0.05) is 12.1 Å². The quantitative estimate of drug-likeness (QED) is 0.702. The number of nitrogens with zero attached hydrogens (tertiary/aromatic N) is 1. The number of ether oxygens (including phenoxy) is 1. The number of aromatic nitrogens is 1. The molecule has 2 N–H and O–H groups in total. The van der Waals surface area contributed by atoms with E-state index in [0.29, 0.717) is 22.8 Å². The van der Waals surface area contributed by atoms with Gasteiger partial charge in [-0.2, -0.15) is 0 Å². The number of anilines is 3. The third-order valence-corrected chi connectivity index (χ3v) is 4.13. The third kappa shape index (κ3) is 4.19. The molecule has 26 heavy (non-hydrogen) atoms. The maximum atomic E-state index is 12.3. The topological polar surface area (TPSA) is 63.2 Å². The molecule has 5 nitrogen and oxygen atoms in total. The molecular formula is C21H21N3O2. The van der Waals surface area contributed by atoms with Crippen molar-refractivity contribution >= 4 is 23.1 Å². The Morgan fingerprint density at radius 2 is 1.77 bits per heavy atom. The first kappa shape index (κ1) is 17.5. The predicted molar refractivity (Wildman–Crippen MR) is 104 cm³/mol. The number of pyridine rings is 1. The van der Waals surface area contributed by atoms with Crippen molar-refractivity contribution in [2.24, 2.45) is 0 Å². The summed E-state index contributed by atoms with van der Waals surface area (Å²) < 4.78 is 5.14. The zero-order chi connectivity index (χ0) is 18.5. The van der Waals surface area contributed by atoms with Crippen LogP contribution in [0.3, 0.4) is 0 Å². The summed E-state index contributed by atoms with van der Waals surface area (Å²) in [6.07, 6.45) is 1.63. The van der Waals surface area contributed by atoms with Crippen molar-refractivity contribution in [3.8, 4) is 5.75 Å². The minimum Gasteiger partial charge on any atom is -0.497 e. The van der Waals surface area contributed by atoms with Gasteiger partial charge in [-0.15, -0.1) is 0 Å². The minimum atomic E-state index is -0.208. The van der Waals surface area contributed by atoms with E-state index in [9.17, 15) is 4.79 Å². The fourth-order valence-electron chi connectivity index (χ4n) is 2.48. The first-order valence-electron chi connectivity index (χ1n) is 8.31. The van der Waals surface area contributed by atoms with Gasteiger partial charge in [-0.3, -0.25) is 4.79 Å². The van der Waals surface area contributed by atoms with Crippen LogP contribution in [0, 0.1) is 13.8 Å². The molecule has 1 aromatic heterocycles. The van der Waals surface area contributed by atoms with Crippen LogP contribution in [0.2, 0.25) is 0 Å². The SMILES string of the molecule is COc1cccc(C(=O)Nc2ccc(Nc3ccc(C)c(C)c3)nc2)c1. The third-order valence-electron chi connectivity index (χ3n) is 4.13. The van der Waals surface area contributed by atoms with Gasteiger partial charge < -0.3 is 15.4 Å². The fraction of sp³-hybridized carbons (Fsp3) is 0.143. The average Bonchev–Trinajstić information content (AvgIpc) is 2.66. The standard InChI is InChI=1S/C21H21N3O2/c1-14-7-8-17(11-15(14)2)23-20-10-9-18(13-22-20)24-21(25)16-5-4-6-19(12-16)26-3/h4-13H,1-3H3,(H,22,23)(H,24,25). The van der Waals surface area contributed by atoms with Crippen molar-refractivity contribution in [2.45, 2.75) is 13.8 Å². The van der Waals surface area contributed by atoms with Crippen LogP contribution in [0.4, 0.5) is 17.2 Å². The molecule has 0 saturated carbocycles. The van der Waals surface area contributed by atoms with Gasteiger partial charge >= 0.3 is 0 Å². The second kappa shape index (κ2) is 7.70. The lowest BCUT2D eigenvalue weighted by Crippen LogP contribution is -2.12. The van der Waals surface area contributed by atoms with E-state index in [4.69, 9.17) is 4.74 Å². The van der Waals surface area contributed by atoms with Crippen molar-refractivity contribution in [2.75, 3.05) is 17.7 Å². The second-order valence-corrected chi connectivity index (χ2v) is 6.04. The highest BCUT2D eigenvalue weighted by molar-refractivity contribution is 6.04. The fourth-order valence-corrected chi connectivity index (χ4v) is 2.48. The van der Waals surface area contributed by atoms with E-state index in [1.165, 1.54) is 11.1 Å². The molecule has 1 amide bonds. The van der Waals surface area contributed by atoms with Gasteiger partial charge in [0.2, 0.25) is 0 Å². The molecule has 0 aliphatic rings. The second-order valence-electron chi connectivity index (χ2n) is 6.04. The van der Waals surface area contributed by atoms with Gasteiger partial charge in [0.15, 0.2) is 0 Å². The molecule has 0 radical (unpaired) electrons. The highest BCUT2D eigenvalue weighted by Crippen LogP contribution is 2.20. The van der Waals surface area contributed by atoms with Crippen LogP contribution in [-0.4, -0.2) is 18.0 Å². The molecule has 132 valence electrons. The lowest BCUT2D eigenvalue weighted by molar-refractivity contribution is 0.102. The number of hydrogen-bond acceptors (Lipinski definition) is 4. The van der Waals surface area contributed by atoms with Crippen LogP contribution in [-0.2, 0) is 0 Å². The van der Waals surface area contributed by atoms with E-state index >= 15 is 0 Å². The van der Waals surface area contributed by atoms with Gasteiger partial charge in [0.1, 0.15) is 11.6 Å². The number of amides is 1. The summed E-state index contributed by atoms with van der Waals surface area (Å²) in [6, 6.07) is 16.8. The number of benzene rings is 2. The van der Waals surface area contributed by atoms with Crippen molar-refractivity contribution in [3.63, 3.8) is 0 Å². The zero-order valence-electron chi connectivity index (χ0n) is 15.0. The van der Waals surface area contributed by atoms with Gasteiger partial charge in [0, 0.05) is 11.3 Å². The zero-order valence-corrected chi connectivity index (χ0v) is 15.0. The Kier molecular flexibility index (Phi) is 5.17. The van der Waals surface area contributed by atoms with E-state index < -0.39 is 0 Å². The maximum Gasteiger partial charge on any atom is 0.255 e. The summed E-state index contributed by atoms with van der Waals surface area (Å²) in [5.74, 6) is 1.15. The molecule has 1 heterocycles. The Balaban J connectivity index is 1.67. The molecule has 0 aliphatic heterocycles. The largest absolute Gasteiger partial charge is 0.497 e. The molecule has 0 aliphatic carbocycles. The van der Waals surface area contributed by atoms with Gasteiger partial charge in [-0.25, -0.2) is 4.98 Å². The number of methoxy groups -OCH3 is 1. The molecule has 3 rings (SSSR count). The highest BCUT2D eigenvalue weighted by Gasteiger charge is 2.07. The summed E-state index contributed by atoms with van der Waals surface area (Å²) in [6.45, 7) is 4.16. The Bertz CT molecular complexity index is 921. The smallest absolute Gasteiger partial charge is 0.255 e. The van der Waals surface area contributed by atoms with Crippen LogP contribution in [0.5, 0.6) is 5.75 Å². The molecule has 2 aromatic carbocycles. The Hall–Kier alpha value is -3.34. The summed E-state index contributed by atoms with van der Waals surface area (Å²) >= 11 is 0. The predicted octanol–water partition coefficient (Wildman–Crippen LogP) is 4.70. The van der Waals surface area contributed by atoms with Gasteiger partial charge in [0.25, 0.3) is 5.91 Å². The summed E-state index contributed by atoms with van der Waals surface area (Å²) in [5.41, 5.74) is 4.61. The summed E-state index contributed by atoms with van der Waals surface area (Å²) in [5, 5.41) is 6.09. The normalized spacial score (nSPS) is 10.3. The Morgan fingerprint density at radius 3 is 2.46 bits per heavy atom. The molecule has 0 fully saturated rings. The van der Waals surface area contributed by atoms with Crippen molar-refractivity contribution in [1.82, 2.24) is 4.98 Å². The van der Waals surface area contributed by atoms with E-state index in [0.717, 1.165) is 5.69 Å². The molecule has 3 aromatic rings. The monoisotopic (exact) mass is 347 g/mol. The first-order chi connectivity index (χ1) is 12.5.